The molecule has 0 atom stereocenters. The first-order valence-electron chi connectivity index (χ1n) is 5.22. The Kier molecular flexibility index (Phi) is 4.16. The first-order valence-corrected chi connectivity index (χ1v) is 6.76. The number of Topliss-reactive ketones (excluding diaryl/α,β-unsaturated/α-hetero) is 1. The maximum Gasteiger partial charge on any atom is 0.417 e. The van der Waals surface area contributed by atoms with Gasteiger partial charge in [-0.15, -0.1) is 0 Å². The van der Waals surface area contributed by atoms with E-state index in [1.807, 2.05) is 0 Å². The Morgan fingerprint density at radius 2 is 1.70 bits per heavy atom. The Balaban J connectivity index is 3.49. The third kappa shape index (κ3) is 3.08. The Morgan fingerprint density at radius 3 is 2.10 bits per heavy atom. The van der Waals surface area contributed by atoms with Crippen molar-refractivity contribution in [2.24, 2.45) is 0 Å². The fraction of sp³-hybridized carbons (Fsp3) is 0.364. The summed E-state index contributed by atoms with van der Waals surface area (Å²) in [5, 5.41) is -2.56. The second-order valence-corrected chi connectivity index (χ2v) is 6.69. The third-order valence-electron chi connectivity index (χ3n) is 2.77. The summed E-state index contributed by atoms with van der Waals surface area (Å²) in [6.45, 7) is 1.42. The van der Waals surface area contributed by atoms with E-state index in [1.54, 1.807) is 0 Å². The number of rotatable bonds is 3. The topological polar surface area (TPSA) is 80.3 Å². The van der Waals surface area contributed by atoms with Gasteiger partial charge in [0.2, 0.25) is 0 Å². The molecule has 0 saturated heterocycles. The van der Waals surface area contributed by atoms with Gasteiger partial charge in [0.15, 0.2) is 5.78 Å². The highest BCUT2D eigenvalue weighted by Crippen LogP contribution is 2.45. The summed E-state index contributed by atoms with van der Waals surface area (Å²) in [7, 11) is -5.48. The minimum Gasteiger partial charge on any atom is -0.810 e. The molecule has 0 aliphatic rings. The van der Waals surface area contributed by atoms with Crippen LogP contribution in [0.4, 0.5) is 17.6 Å². The predicted molar refractivity (Wildman–Crippen MR) is 57.4 cm³/mol. The smallest absolute Gasteiger partial charge is 0.417 e. The molecule has 1 aromatic carbocycles. The van der Waals surface area contributed by atoms with Gasteiger partial charge in [0.25, 0.3) is 0 Å². The third-order valence-corrected chi connectivity index (χ3v) is 4.34. The van der Waals surface area contributed by atoms with Gasteiger partial charge in [-0.25, -0.2) is 4.39 Å². The summed E-state index contributed by atoms with van der Waals surface area (Å²) < 4.78 is 62.1. The molecule has 0 aliphatic heterocycles. The van der Waals surface area contributed by atoms with Gasteiger partial charge in [-0.2, -0.15) is 13.2 Å². The van der Waals surface area contributed by atoms with E-state index in [1.165, 1.54) is 0 Å². The van der Waals surface area contributed by atoms with Gasteiger partial charge < -0.3 is 14.4 Å². The van der Waals surface area contributed by atoms with Crippen molar-refractivity contribution in [3.05, 3.63) is 35.1 Å². The molecule has 0 saturated carbocycles. The van der Waals surface area contributed by atoms with Crippen molar-refractivity contribution in [2.45, 2.75) is 25.2 Å². The summed E-state index contributed by atoms with van der Waals surface area (Å²) in [4.78, 5) is 33.9. The van der Waals surface area contributed by atoms with E-state index in [9.17, 15) is 36.7 Å². The molecule has 0 N–H and O–H groups in total. The molecule has 0 amide bonds. The molecule has 0 heterocycles. The molecule has 9 heteroatoms. The average Bonchev–Trinajstić information content (AvgIpc) is 2.25. The molecule has 0 unspecified atom stereocenters. The van der Waals surface area contributed by atoms with Crippen LogP contribution in [0, 0.1) is 5.82 Å². The van der Waals surface area contributed by atoms with Gasteiger partial charge in [-0.3, -0.25) is 4.79 Å². The van der Waals surface area contributed by atoms with Crippen LogP contribution in [-0.4, -0.2) is 10.9 Å². The van der Waals surface area contributed by atoms with Crippen molar-refractivity contribution in [3.63, 3.8) is 0 Å². The zero-order valence-electron chi connectivity index (χ0n) is 10.3. The molecule has 0 radical (unpaired) electrons. The number of alkyl halides is 3. The monoisotopic (exact) mass is 312 g/mol. The number of ketones is 1. The van der Waals surface area contributed by atoms with Crippen LogP contribution in [0.25, 0.3) is 0 Å². The van der Waals surface area contributed by atoms with Crippen LogP contribution in [0.15, 0.2) is 18.2 Å². The fourth-order valence-electron chi connectivity index (χ4n) is 1.40. The number of hydrogen-bond acceptors (Lipinski definition) is 4. The number of halogens is 4. The van der Waals surface area contributed by atoms with E-state index in [0.717, 1.165) is 0 Å². The van der Waals surface area contributed by atoms with Gasteiger partial charge in [0.05, 0.1) is 10.7 Å². The Hall–Kier alpha value is -1.24. The van der Waals surface area contributed by atoms with Crippen LogP contribution in [0.3, 0.4) is 0 Å². The molecule has 20 heavy (non-hydrogen) atoms. The highest BCUT2D eigenvalue weighted by molar-refractivity contribution is 7.52. The summed E-state index contributed by atoms with van der Waals surface area (Å²) in [6, 6.07) is 1.17. The molecule has 112 valence electrons. The molecule has 0 aliphatic carbocycles. The van der Waals surface area contributed by atoms with Gasteiger partial charge in [0, 0.05) is 5.56 Å². The highest BCUT2D eigenvalue weighted by Gasteiger charge is 2.40. The first-order chi connectivity index (χ1) is 8.78. The summed E-state index contributed by atoms with van der Waals surface area (Å²) in [5.74, 6) is -2.77. The van der Waals surface area contributed by atoms with Crippen LogP contribution in [0.2, 0.25) is 0 Å². The van der Waals surface area contributed by atoms with Crippen molar-refractivity contribution in [2.75, 3.05) is 0 Å². The Morgan fingerprint density at radius 1 is 1.20 bits per heavy atom. The highest BCUT2D eigenvalue weighted by atomic mass is 31.2. The Bertz CT molecular complexity index is 589. The van der Waals surface area contributed by atoms with Crippen LogP contribution in [-0.2, 0) is 10.7 Å². The van der Waals surface area contributed by atoms with E-state index in [2.05, 4.69) is 0 Å². The lowest BCUT2D eigenvalue weighted by atomic mass is 9.95. The number of carbonyl (C=O) groups is 1. The van der Waals surface area contributed by atoms with Crippen LogP contribution >= 0.6 is 7.60 Å². The average molecular weight is 312 g/mol. The second-order valence-electron chi connectivity index (χ2n) is 4.57. The lowest BCUT2D eigenvalue weighted by Crippen LogP contribution is -2.41. The quantitative estimate of drug-likeness (QED) is 0.483. The first kappa shape index (κ1) is 16.8. The summed E-state index contributed by atoms with van der Waals surface area (Å²) in [6.07, 6.45) is -5.06. The lowest BCUT2D eigenvalue weighted by Gasteiger charge is -2.44. The normalized spacial score (nSPS) is 13.4. The van der Waals surface area contributed by atoms with Crippen molar-refractivity contribution in [1.29, 1.82) is 0 Å². The predicted octanol–water partition coefficient (Wildman–Crippen LogP) is 1.72. The largest absolute Gasteiger partial charge is 0.810 e. The second kappa shape index (κ2) is 4.95. The van der Waals surface area contributed by atoms with Crippen molar-refractivity contribution in [1.82, 2.24) is 0 Å². The molecular weight excluding hydrogens is 303 g/mol. The molecule has 0 aromatic heterocycles. The Labute approximate surface area is 111 Å². The van der Waals surface area contributed by atoms with Crippen LogP contribution in [0.5, 0.6) is 0 Å². The van der Waals surface area contributed by atoms with E-state index in [0.29, 0.717) is 26.0 Å². The zero-order valence-corrected chi connectivity index (χ0v) is 11.2. The molecule has 1 aromatic rings. The van der Waals surface area contributed by atoms with Gasteiger partial charge in [-0.05, 0) is 32.0 Å². The maximum atomic E-state index is 12.9. The maximum absolute atomic E-state index is 12.9. The standard InChI is InChI=1S/C11H11F4O4P/c1-10(2,20(17,18)19)9(16)7-4-3-6(12)5-8(7)11(13,14)15/h3-5H,1-2H3,(H2,17,18,19)/p-2. The van der Waals surface area contributed by atoms with E-state index in [-0.39, 0.29) is 6.07 Å². The summed E-state index contributed by atoms with van der Waals surface area (Å²) >= 11 is 0. The van der Waals surface area contributed by atoms with Crippen molar-refractivity contribution >= 4 is 13.4 Å². The van der Waals surface area contributed by atoms with Gasteiger partial charge in [0.1, 0.15) is 5.82 Å². The van der Waals surface area contributed by atoms with Crippen molar-refractivity contribution < 1.29 is 36.7 Å². The minimum atomic E-state index is -5.48. The molecule has 0 bridgehead atoms. The zero-order chi connectivity index (χ0) is 15.9. The molecule has 1 rings (SSSR count). The van der Waals surface area contributed by atoms with E-state index in [4.69, 9.17) is 0 Å². The lowest BCUT2D eigenvalue weighted by molar-refractivity contribution is -0.318. The SMILES string of the molecule is CC(C)(C(=O)c1ccc(F)cc1C(F)(F)F)P(=O)([O-])[O-]. The molecular formula is C11H9F4O4P-2. The van der Waals surface area contributed by atoms with Crippen LogP contribution < -0.4 is 9.79 Å². The molecule has 4 nitrogen and oxygen atoms in total. The molecule has 0 fully saturated rings. The number of hydrogen-bond donors (Lipinski definition) is 0. The van der Waals surface area contributed by atoms with Crippen molar-refractivity contribution in [3.8, 4) is 0 Å². The minimum absolute atomic E-state index is 0.0733. The summed E-state index contributed by atoms with van der Waals surface area (Å²) in [5.41, 5.74) is -2.68. The fourth-order valence-corrected chi connectivity index (χ4v) is 1.77. The van der Waals surface area contributed by atoms with E-state index >= 15 is 0 Å². The number of carbonyl (C=O) groups excluding carboxylic acids is 1. The van der Waals surface area contributed by atoms with Crippen LogP contribution in [0.1, 0.15) is 29.8 Å². The van der Waals surface area contributed by atoms with Gasteiger partial charge in [-0.1, -0.05) is 7.60 Å². The molecule has 0 spiro atoms. The number of benzene rings is 1. The van der Waals surface area contributed by atoms with Gasteiger partial charge >= 0.3 is 6.18 Å². The van der Waals surface area contributed by atoms with E-state index < -0.39 is 41.7 Å².